The Morgan fingerprint density at radius 1 is 1.73 bits per heavy atom. The van der Waals surface area contributed by atoms with Crippen molar-refractivity contribution in [2.45, 2.75) is 6.61 Å². The van der Waals surface area contributed by atoms with Crippen molar-refractivity contribution in [3.05, 3.63) is 23.5 Å². The van der Waals surface area contributed by atoms with E-state index < -0.39 is 0 Å². The molecule has 0 spiro atoms. The molecule has 4 heteroatoms. The average Bonchev–Trinajstić information content (AvgIpc) is 2.46. The maximum Gasteiger partial charge on any atom is 0.193 e. The number of imidazole rings is 1. The highest BCUT2D eigenvalue weighted by Gasteiger charge is 1.99. The lowest BCUT2D eigenvalue weighted by molar-refractivity contribution is 0.182. The smallest absolute Gasteiger partial charge is 0.193 e. The summed E-state index contributed by atoms with van der Waals surface area (Å²) in [7, 11) is 1.67. The molecule has 0 saturated heterocycles. The SMILES string of the molecule is COCc1cn2ccsc2n1. The van der Waals surface area contributed by atoms with Gasteiger partial charge in [-0.1, -0.05) is 0 Å². The highest BCUT2D eigenvalue weighted by Crippen LogP contribution is 2.11. The molecule has 0 atom stereocenters. The Balaban J connectivity index is 2.42. The van der Waals surface area contributed by atoms with Gasteiger partial charge in [0.05, 0.1) is 12.3 Å². The Morgan fingerprint density at radius 3 is 3.36 bits per heavy atom. The van der Waals surface area contributed by atoms with Crippen molar-refractivity contribution in [3.8, 4) is 0 Å². The van der Waals surface area contributed by atoms with E-state index in [1.807, 2.05) is 22.2 Å². The van der Waals surface area contributed by atoms with E-state index in [1.54, 1.807) is 18.4 Å². The van der Waals surface area contributed by atoms with Crippen molar-refractivity contribution >= 4 is 16.3 Å². The highest BCUT2D eigenvalue weighted by molar-refractivity contribution is 7.15. The third-order valence-electron chi connectivity index (χ3n) is 1.44. The van der Waals surface area contributed by atoms with Crippen LogP contribution < -0.4 is 0 Å². The lowest BCUT2D eigenvalue weighted by atomic mass is 10.5. The largest absolute Gasteiger partial charge is 0.378 e. The van der Waals surface area contributed by atoms with Crippen molar-refractivity contribution in [2.24, 2.45) is 0 Å². The fourth-order valence-corrected chi connectivity index (χ4v) is 1.71. The summed E-state index contributed by atoms with van der Waals surface area (Å²) in [4.78, 5) is 5.34. The number of nitrogens with zero attached hydrogens (tertiary/aromatic N) is 2. The van der Waals surface area contributed by atoms with Crippen LogP contribution in [0.3, 0.4) is 0 Å². The summed E-state index contributed by atoms with van der Waals surface area (Å²) < 4.78 is 6.95. The van der Waals surface area contributed by atoms with Gasteiger partial charge in [-0.25, -0.2) is 4.98 Å². The van der Waals surface area contributed by atoms with Crippen LogP contribution in [0.15, 0.2) is 17.8 Å². The highest BCUT2D eigenvalue weighted by atomic mass is 32.1. The van der Waals surface area contributed by atoms with E-state index in [9.17, 15) is 0 Å². The van der Waals surface area contributed by atoms with E-state index in [-0.39, 0.29) is 0 Å². The van der Waals surface area contributed by atoms with Gasteiger partial charge in [-0.3, -0.25) is 4.40 Å². The third kappa shape index (κ3) is 1.15. The van der Waals surface area contributed by atoms with Gasteiger partial charge in [-0.15, -0.1) is 11.3 Å². The number of thiazole rings is 1. The van der Waals surface area contributed by atoms with Crippen molar-refractivity contribution in [1.82, 2.24) is 9.38 Å². The summed E-state index contributed by atoms with van der Waals surface area (Å²) in [6.07, 6.45) is 3.97. The fraction of sp³-hybridized carbons (Fsp3) is 0.286. The molecule has 0 aromatic carbocycles. The van der Waals surface area contributed by atoms with E-state index in [0.29, 0.717) is 6.61 Å². The van der Waals surface area contributed by atoms with Crippen LogP contribution in [0.25, 0.3) is 4.96 Å². The summed E-state index contributed by atoms with van der Waals surface area (Å²) in [5.74, 6) is 0. The lowest BCUT2D eigenvalue weighted by Gasteiger charge is -1.88. The summed E-state index contributed by atoms with van der Waals surface area (Å²) >= 11 is 1.63. The summed E-state index contributed by atoms with van der Waals surface area (Å²) in [5, 5.41) is 2.01. The van der Waals surface area contributed by atoms with Crippen LogP contribution in [0.4, 0.5) is 0 Å². The van der Waals surface area contributed by atoms with Crippen LogP contribution in [-0.2, 0) is 11.3 Å². The summed E-state index contributed by atoms with van der Waals surface area (Å²) in [6, 6.07) is 0. The van der Waals surface area contributed by atoms with Crippen molar-refractivity contribution in [1.29, 1.82) is 0 Å². The van der Waals surface area contributed by atoms with Crippen LogP contribution in [0.5, 0.6) is 0 Å². The zero-order valence-electron chi connectivity index (χ0n) is 6.15. The molecule has 3 nitrogen and oxygen atoms in total. The first-order chi connectivity index (χ1) is 5.40. The Kier molecular flexibility index (Phi) is 1.63. The van der Waals surface area contributed by atoms with Gasteiger partial charge in [0.1, 0.15) is 0 Å². The van der Waals surface area contributed by atoms with Crippen LogP contribution in [0.1, 0.15) is 5.69 Å². The second-order valence-electron chi connectivity index (χ2n) is 2.26. The molecular weight excluding hydrogens is 160 g/mol. The molecule has 2 rings (SSSR count). The van der Waals surface area contributed by atoms with Gasteiger partial charge in [0.2, 0.25) is 0 Å². The summed E-state index contributed by atoms with van der Waals surface area (Å²) in [5.41, 5.74) is 0.986. The molecular formula is C7H8N2OS. The number of hydrogen-bond donors (Lipinski definition) is 0. The zero-order valence-corrected chi connectivity index (χ0v) is 6.97. The maximum absolute atomic E-state index is 4.96. The molecule has 0 aliphatic carbocycles. The number of methoxy groups -OCH3 is 1. The molecule has 0 aliphatic heterocycles. The summed E-state index contributed by atoms with van der Waals surface area (Å²) in [6.45, 7) is 0.592. The predicted octanol–water partition coefficient (Wildman–Crippen LogP) is 1.54. The molecule has 2 aromatic heterocycles. The Morgan fingerprint density at radius 2 is 2.64 bits per heavy atom. The normalized spacial score (nSPS) is 11.0. The first-order valence-electron chi connectivity index (χ1n) is 3.30. The van der Waals surface area contributed by atoms with Gasteiger partial charge in [-0.05, 0) is 0 Å². The fourth-order valence-electron chi connectivity index (χ4n) is 0.994. The zero-order chi connectivity index (χ0) is 7.68. The topological polar surface area (TPSA) is 26.5 Å². The third-order valence-corrected chi connectivity index (χ3v) is 2.21. The first kappa shape index (κ1) is 6.82. The van der Waals surface area contributed by atoms with E-state index in [1.165, 1.54) is 0 Å². The minimum absolute atomic E-state index is 0.592. The first-order valence-corrected chi connectivity index (χ1v) is 4.18. The maximum atomic E-state index is 4.96. The molecule has 0 bridgehead atoms. The Bertz CT molecular complexity index is 323. The minimum atomic E-state index is 0.592. The van der Waals surface area contributed by atoms with Crippen LogP contribution in [0.2, 0.25) is 0 Å². The van der Waals surface area contributed by atoms with Gasteiger partial charge in [0.25, 0.3) is 0 Å². The van der Waals surface area contributed by atoms with Crippen LogP contribution >= 0.6 is 11.3 Å². The molecule has 0 fully saturated rings. The van der Waals surface area contributed by atoms with Gasteiger partial charge in [-0.2, -0.15) is 0 Å². The molecule has 11 heavy (non-hydrogen) atoms. The average molecular weight is 168 g/mol. The number of rotatable bonds is 2. The van der Waals surface area contributed by atoms with Gasteiger partial charge in [0.15, 0.2) is 4.96 Å². The molecule has 0 aliphatic rings. The predicted molar refractivity (Wildman–Crippen MR) is 43.8 cm³/mol. The molecule has 0 amide bonds. The quantitative estimate of drug-likeness (QED) is 0.680. The number of fused-ring (bicyclic) bond motifs is 1. The van der Waals surface area contributed by atoms with Crippen molar-refractivity contribution < 1.29 is 4.74 Å². The number of ether oxygens (including phenoxy) is 1. The molecule has 0 saturated carbocycles. The molecule has 2 heterocycles. The van der Waals surface area contributed by atoms with Crippen molar-refractivity contribution in [3.63, 3.8) is 0 Å². The van der Waals surface area contributed by atoms with E-state index in [2.05, 4.69) is 4.98 Å². The van der Waals surface area contributed by atoms with E-state index in [0.717, 1.165) is 10.7 Å². The van der Waals surface area contributed by atoms with E-state index in [4.69, 9.17) is 4.74 Å². The number of hydrogen-bond acceptors (Lipinski definition) is 3. The van der Waals surface area contributed by atoms with Gasteiger partial charge < -0.3 is 4.74 Å². The van der Waals surface area contributed by atoms with Crippen molar-refractivity contribution in [2.75, 3.05) is 7.11 Å². The molecule has 0 unspecified atom stereocenters. The van der Waals surface area contributed by atoms with Gasteiger partial charge in [0, 0.05) is 24.9 Å². The molecule has 2 aromatic rings. The Hall–Kier alpha value is -0.870. The van der Waals surface area contributed by atoms with Gasteiger partial charge >= 0.3 is 0 Å². The molecule has 0 radical (unpaired) electrons. The lowest BCUT2D eigenvalue weighted by Crippen LogP contribution is -1.85. The second-order valence-corrected chi connectivity index (χ2v) is 3.13. The second kappa shape index (κ2) is 2.64. The van der Waals surface area contributed by atoms with Crippen LogP contribution in [0, 0.1) is 0 Å². The Labute approximate surface area is 68.3 Å². The van der Waals surface area contributed by atoms with Crippen LogP contribution in [-0.4, -0.2) is 16.5 Å². The standard InChI is InChI=1S/C7H8N2OS/c1-10-5-6-4-9-2-3-11-7(9)8-6/h2-4H,5H2,1H3. The molecule has 0 N–H and O–H groups in total. The minimum Gasteiger partial charge on any atom is -0.378 e. The molecule has 58 valence electrons. The van der Waals surface area contributed by atoms with E-state index >= 15 is 0 Å². The number of aromatic nitrogens is 2. The monoisotopic (exact) mass is 168 g/mol.